The maximum atomic E-state index is 12.2. The summed E-state index contributed by atoms with van der Waals surface area (Å²) in [7, 11) is -3.45. The highest BCUT2D eigenvalue weighted by atomic mass is 32.2. The van der Waals surface area contributed by atoms with Gasteiger partial charge in [-0.05, 0) is 36.8 Å². The molecule has 2 heterocycles. The number of rotatable bonds is 7. The van der Waals surface area contributed by atoms with Crippen LogP contribution in [0.3, 0.4) is 0 Å². The number of benzene rings is 1. The van der Waals surface area contributed by atoms with Gasteiger partial charge >= 0.3 is 0 Å². The third-order valence-electron chi connectivity index (χ3n) is 3.54. The maximum absolute atomic E-state index is 12.2. The summed E-state index contributed by atoms with van der Waals surface area (Å²) in [4.78, 5) is 13.5. The van der Waals surface area contributed by atoms with Crippen molar-refractivity contribution in [2.45, 2.75) is 19.2 Å². The largest absolute Gasteiger partial charge is 0.461 e. The molecule has 0 spiro atoms. The summed E-state index contributed by atoms with van der Waals surface area (Å²) in [6, 6.07) is 14.1. The van der Waals surface area contributed by atoms with Crippen LogP contribution in [-0.2, 0) is 22.3 Å². The molecule has 0 fully saturated rings. The molecule has 0 amide bonds. The second-order valence-electron chi connectivity index (χ2n) is 5.64. The monoisotopic (exact) mass is 375 g/mol. The number of hydrogen-bond acceptors (Lipinski definition) is 5. The molecular formula is C18H17NO4S2. The Kier molecular flexibility index (Phi) is 5.17. The highest BCUT2D eigenvalue weighted by Gasteiger charge is 2.16. The fourth-order valence-electron chi connectivity index (χ4n) is 2.38. The molecule has 25 heavy (non-hydrogen) atoms. The second-order valence-corrected chi connectivity index (χ2v) is 8.62. The number of carbonyl (C=O) groups excluding carboxylic acids is 1. The Morgan fingerprint density at radius 2 is 2.00 bits per heavy atom. The van der Waals surface area contributed by atoms with E-state index in [1.54, 1.807) is 30.3 Å². The Morgan fingerprint density at radius 3 is 2.72 bits per heavy atom. The Bertz CT molecular complexity index is 972. The average Bonchev–Trinajstić information content (AvgIpc) is 3.24. The highest BCUT2D eigenvalue weighted by molar-refractivity contribution is 7.88. The molecular weight excluding hydrogens is 358 g/mol. The van der Waals surface area contributed by atoms with Gasteiger partial charge in [-0.2, -0.15) is 0 Å². The van der Waals surface area contributed by atoms with Gasteiger partial charge in [-0.25, -0.2) is 13.1 Å². The summed E-state index contributed by atoms with van der Waals surface area (Å²) >= 11 is 1.25. The van der Waals surface area contributed by atoms with E-state index in [0.29, 0.717) is 4.88 Å². The Labute approximate surface area is 150 Å². The first-order valence-corrected chi connectivity index (χ1v) is 10.1. The van der Waals surface area contributed by atoms with E-state index >= 15 is 0 Å². The molecule has 0 aliphatic rings. The van der Waals surface area contributed by atoms with Gasteiger partial charge in [0, 0.05) is 11.4 Å². The SMILES string of the molecule is Cc1cccc(CS(=O)(=O)NCc2ccc(C(=O)c3ccco3)s2)c1. The summed E-state index contributed by atoms with van der Waals surface area (Å²) < 4.78 is 32.1. The number of nitrogens with one attached hydrogen (secondary N) is 1. The lowest BCUT2D eigenvalue weighted by atomic mass is 10.2. The van der Waals surface area contributed by atoms with Crippen LogP contribution in [0.25, 0.3) is 0 Å². The molecule has 0 atom stereocenters. The number of ketones is 1. The first kappa shape index (κ1) is 17.6. The van der Waals surface area contributed by atoms with Crippen molar-refractivity contribution in [1.29, 1.82) is 0 Å². The first-order valence-electron chi connectivity index (χ1n) is 7.63. The molecule has 0 unspecified atom stereocenters. The highest BCUT2D eigenvalue weighted by Crippen LogP contribution is 2.20. The van der Waals surface area contributed by atoms with Crippen molar-refractivity contribution in [3.8, 4) is 0 Å². The van der Waals surface area contributed by atoms with Gasteiger partial charge in [0.25, 0.3) is 0 Å². The van der Waals surface area contributed by atoms with E-state index in [1.807, 2.05) is 25.1 Å². The van der Waals surface area contributed by atoms with Crippen molar-refractivity contribution in [3.05, 3.63) is 81.4 Å². The lowest BCUT2D eigenvalue weighted by Gasteiger charge is -2.06. The minimum absolute atomic E-state index is 0.0712. The van der Waals surface area contributed by atoms with Crippen LogP contribution in [-0.4, -0.2) is 14.2 Å². The van der Waals surface area contributed by atoms with E-state index in [9.17, 15) is 13.2 Å². The van der Waals surface area contributed by atoms with Crippen molar-refractivity contribution < 1.29 is 17.6 Å². The lowest BCUT2D eigenvalue weighted by Crippen LogP contribution is -2.24. The van der Waals surface area contributed by atoms with E-state index in [1.165, 1.54) is 17.6 Å². The molecule has 1 N–H and O–H groups in total. The van der Waals surface area contributed by atoms with Crippen LogP contribution in [0.5, 0.6) is 0 Å². The molecule has 0 saturated carbocycles. The van der Waals surface area contributed by atoms with E-state index in [4.69, 9.17) is 4.42 Å². The number of carbonyl (C=O) groups is 1. The number of aryl methyl sites for hydroxylation is 1. The molecule has 0 aliphatic heterocycles. The lowest BCUT2D eigenvalue weighted by molar-refractivity contribution is 0.101. The zero-order chi connectivity index (χ0) is 17.9. The maximum Gasteiger partial charge on any atom is 0.238 e. The van der Waals surface area contributed by atoms with Crippen molar-refractivity contribution in [2.24, 2.45) is 0 Å². The second kappa shape index (κ2) is 7.35. The quantitative estimate of drug-likeness (QED) is 0.641. The van der Waals surface area contributed by atoms with Gasteiger partial charge in [0.1, 0.15) is 0 Å². The molecule has 3 aromatic rings. The van der Waals surface area contributed by atoms with Crippen molar-refractivity contribution in [2.75, 3.05) is 0 Å². The summed E-state index contributed by atoms with van der Waals surface area (Å²) in [6.07, 6.45) is 1.45. The van der Waals surface area contributed by atoms with Crippen molar-refractivity contribution in [3.63, 3.8) is 0 Å². The fourth-order valence-corrected chi connectivity index (χ4v) is 4.46. The summed E-state index contributed by atoms with van der Waals surface area (Å²) in [5.41, 5.74) is 1.76. The van der Waals surface area contributed by atoms with E-state index < -0.39 is 10.0 Å². The number of sulfonamides is 1. The fraction of sp³-hybridized carbons (Fsp3) is 0.167. The van der Waals surface area contributed by atoms with Crippen LogP contribution in [0.4, 0.5) is 0 Å². The zero-order valence-corrected chi connectivity index (χ0v) is 15.2. The van der Waals surface area contributed by atoms with Crippen LogP contribution in [0.2, 0.25) is 0 Å². The Balaban J connectivity index is 1.62. The van der Waals surface area contributed by atoms with E-state index in [0.717, 1.165) is 16.0 Å². The standard InChI is InChI=1S/C18H17NO4S2/c1-13-4-2-5-14(10-13)12-25(21,22)19-11-15-7-8-17(24-15)18(20)16-6-3-9-23-16/h2-10,19H,11-12H2,1H3. The predicted molar refractivity (Wildman–Crippen MR) is 97.1 cm³/mol. The zero-order valence-electron chi connectivity index (χ0n) is 13.6. The molecule has 0 aliphatic carbocycles. The molecule has 7 heteroatoms. The van der Waals surface area contributed by atoms with Crippen LogP contribution in [0.15, 0.2) is 59.2 Å². The molecule has 2 aromatic heterocycles. The minimum atomic E-state index is -3.45. The predicted octanol–water partition coefficient (Wildman–Crippen LogP) is 3.50. The minimum Gasteiger partial charge on any atom is -0.461 e. The average molecular weight is 375 g/mol. The van der Waals surface area contributed by atoms with Gasteiger partial charge < -0.3 is 4.42 Å². The van der Waals surface area contributed by atoms with Crippen LogP contribution >= 0.6 is 11.3 Å². The van der Waals surface area contributed by atoms with Gasteiger partial charge in [0.15, 0.2) is 5.76 Å². The van der Waals surface area contributed by atoms with E-state index in [-0.39, 0.29) is 23.8 Å². The number of furan rings is 1. The van der Waals surface area contributed by atoms with Gasteiger partial charge in [0.2, 0.25) is 15.8 Å². The molecule has 1 aromatic carbocycles. The number of thiophene rings is 1. The Morgan fingerprint density at radius 1 is 1.16 bits per heavy atom. The van der Waals surface area contributed by atoms with Gasteiger partial charge in [-0.15, -0.1) is 11.3 Å². The van der Waals surface area contributed by atoms with Gasteiger partial charge in [-0.3, -0.25) is 4.79 Å². The smallest absolute Gasteiger partial charge is 0.238 e. The molecule has 0 bridgehead atoms. The Hall–Kier alpha value is -2.22. The van der Waals surface area contributed by atoms with Crippen molar-refractivity contribution in [1.82, 2.24) is 4.72 Å². The number of hydrogen-bond donors (Lipinski definition) is 1. The molecule has 0 saturated heterocycles. The summed E-state index contributed by atoms with van der Waals surface area (Å²) in [6.45, 7) is 2.08. The topological polar surface area (TPSA) is 76.4 Å². The summed E-state index contributed by atoms with van der Waals surface area (Å²) in [5, 5.41) is 0. The first-order chi connectivity index (χ1) is 11.9. The van der Waals surface area contributed by atoms with Crippen LogP contribution in [0, 0.1) is 6.92 Å². The normalized spacial score (nSPS) is 11.6. The molecule has 5 nitrogen and oxygen atoms in total. The molecule has 0 radical (unpaired) electrons. The van der Waals surface area contributed by atoms with Crippen LogP contribution < -0.4 is 4.72 Å². The molecule has 130 valence electrons. The molecule has 3 rings (SSSR count). The van der Waals surface area contributed by atoms with Gasteiger partial charge in [-0.1, -0.05) is 29.8 Å². The van der Waals surface area contributed by atoms with Gasteiger partial charge in [0.05, 0.1) is 16.9 Å². The summed E-state index contributed by atoms with van der Waals surface area (Å²) in [5.74, 6) is -0.00425. The third-order valence-corrected chi connectivity index (χ3v) is 5.92. The van der Waals surface area contributed by atoms with Crippen LogP contribution in [0.1, 0.15) is 31.4 Å². The van der Waals surface area contributed by atoms with Crippen molar-refractivity contribution >= 4 is 27.1 Å². The van der Waals surface area contributed by atoms with E-state index in [2.05, 4.69) is 4.72 Å². The third kappa shape index (κ3) is 4.66.